The summed E-state index contributed by atoms with van der Waals surface area (Å²) >= 11 is 9.59. The Balaban J connectivity index is 1.49. The SMILES string of the molecule is Cc1cc(NC(=O)CNC(=O)C2CC2c2ccccc2Cl)ccc1Br. The van der Waals surface area contributed by atoms with Gasteiger partial charge in [0, 0.05) is 21.1 Å². The number of carbonyl (C=O) groups is 2. The van der Waals surface area contributed by atoms with E-state index in [2.05, 4.69) is 26.6 Å². The molecule has 0 heterocycles. The fraction of sp³-hybridized carbons (Fsp3) is 0.263. The minimum atomic E-state index is -0.245. The average Bonchev–Trinajstić information content (AvgIpc) is 3.37. The van der Waals surface area contributed by atoms with Crippen LogP contribution in [0.3, 0.4) is 0 Å². The highest BCUT2D eigenvalue weighted by Gasteiger charge is 2.44. The molecule has 2 unspecified atom stereocenters. The van der Waals surface area contributed by atoms with E-state index in [1.807, 2.05) is 49.4 Å². The van der Waals surface area contributed by atoms with Crippen molar-refractivity contribution in [2.45, 2.75) is 19.3 Å². The zero-order valence-electron chi connectivity index (χ0n) is 13.7. The molecule has 0 bridgehead atoms. The summed E-state index contributed by atoms with van der Waals surface area (Å²) in [7, 11) is 0. The smallest absolute Gasteiger partial charge is 0.243 e. The second-order valence-corrected chi connectivity index (χ2v) is 7.46. The van der Waals surface area contributed by atoms with Gasteiger partial charge < -0.3 is 10.6 Å². The summed E-state index contributed by atoms with van der Waals surface area (Å²) in [4.78, 5) is 24.2. The van der Waals surface area contributed by atoms with Crippen molar-refractivity contribution < 1.29 is 9.59 Å². The molecule has 2 N–H and O–H groups in total. The highest BCUT2D eigenvalue weighted by atomic mass is 79.9. The third-order valence-electron chi connectivity index (χ3n) is 4.30. The Kier molecular flexibility index (Phi) is 5.45. The third-order valence-corrected chi connectivity index (χ3v) is 5.53. The molecule has 130 valence electrons. The molecule has 1 fully saturated rings. The van der Waals surface area contributed by atoms with E-state index in [0.717, 1.165) is 22.0 Å². The quantitative estimate of drug-likeness (QED) is 0.757. The second kappa shape index (κ2) is 7.58. The van der Waals surface area contributed by atoms with E-state index in [4.69, 9.17) is 11.6 Å². The number of carbonyl (C=O) groups excluding carboxylic acids is 2. The molecule has 0 aromatic heterocycles. The normalized spacial score (nSPS) is 18.5. The molecular weight excluding hydrogens is 404 g/mol. The van der Waals surface area contributed by atoms with E-state index in [1.165, 1.54) is 0 Å². The molecule has 6 heteroatoms. The van der Waals surface area contributed by atoms with E-state index in [-0.39, 0.29) is 30.2 Å². The van der Waals surface area contributed by atoms with Gasteiger partial charge in [-0.2, -0.15) is 0 Å². The number of rotatable bonds is 5. The van der Waals surface area contributed by atoms with Gasteiger partial charge in [-0.3, -0.25) is 9.59 Å². The average molecular weight is 422 g/mol. The van der Waals surface area contributed by atoms with Crippen LogP contribution in [0.2, 0.25) is 5.02 Å². The van der Waals surface area contributed by atoms with Crippen LogP contribution in [0.5, 0.6) is 0 Å². The van der Waals surface area contributed by atoms with Gasteiger partial charge in [-0.1, -0.05) is 45.7 Å². The first-order valence-corrected chi connectivity index (χ1v) is 9.21. The summed E-state index contributed by atoms with van der Waals surface area (Å²) in [6, 6.07) is 13.1. The molecule has 1 aliphatic rings. The number of aryl methyl sites for hydroxylation is 1. The second-order valence-electron chi connectivity index (χ2n) is 6.20. The highest BCUT2D eigenvalue weighted by Crippen LogP contribution is 2.49. The summed E-state index contributed by atoms with van der Waals surface area (Å²) in [5.41, 5.74) is 2.74. The molecule has 0 saturated heterocycles. The number of nitrogens with one attached hydrogen (secondary N) is 2. The lowest BCUT2D eigenvalue weighted by molar-refractivity contribution is -0.125. The predicted octanol–water partition coefficient (Wildman–Crippen LogP) is 4.27. The van der Waals surface area contributed by atoms with Crippen molar-refractivity contribution in [3.05, 3.63) is 63.1 Å². The number of hydrogen-bond donors (Lipinski definition) is 2. The van der Waals surface area contributed by atoms with Crippen LogP contribution in [0.25, 0.3) is 0 Å². The van der Waals surface area contributed by atoms with Crippen molar-refractivity contribution in [1.82, 2.24) is 5.32 Å². The number of hydrogen-bond acceptors (Lipinski definition) is 2. The van der Waals surface area contributed by atoms with Gasteiger partial charge in [-0.15, -0.1) is 0 Å². The van der Waals surface area contributed by atoms with Gasteiger partial charge in [0.1, 0.15) is 0 Å². The first kappa shape index (κ1) is 18.0. The monoisotopic (exact) mass is 420 g/mol. The lowest BCUT2D eigenvalue weighted by Crippen LogP contribution is -2.34. The molecule has 2 amide bonds. The largest absolute Gasteiger partial charge is 0.347 e. The van der Waals surface area contributed by atoms with Crippen LogP contribution in [0.1, 0.15) is 23.5 Å². The molecule has 1 saturated carbocycles. The minimum Gasteiger partial charge on any atom is -0.347 e. The number of anilines is 1. The maximum absolute atomic E-state index is 12.2. The van der Waals surface area contributed by atoms with E-state index >= 15 is 0 Å². The molecule has 3 rings (SSSR count). The maximum atomic E-state index is 12.2. The number of benzene rings is 2. The molecule has 2 aromatic rings. The van der Waals surface area contributed by atoms with Crippen LogP contribution in [0, 0.1) is 12.8 Å². The van der Waals surface area contributed by atoms with Crippen molar-refractivity contribution in [3.8, 4) is 0 Å². The molecule has 0 aliphatic heterocycles. The summed E-state index contributed by atoms with van der Waals surface area (Å²) in [6.45, 7) is 1.91. The van der Waals surface area contributed by atoms with Crippen molar-refractivity contribution in [2.75, 3.05) is 11.9 Å². The molecular formula is C19H18BrClN2O2. The number of halogens is 2. The maximum Gasteiger partial charge on any atom is 0.243 e. The molecule has 0 spiro atoms. The molecule has 2 aromatic carbocycles. The fourth-order valence-electron chi connectivity index (χ4n) is 2.83. The van der Waals surface area contributed by atoms with Gasteiger partial charge in [0.15, 0.2) is 0 Å². The van der Waals surface area contributed by atoms with Gasteiger partial charge in [-0.25, -0.2) is 0 Å². The molecule has 25 heavy (non-hydrogen) atoms. The fourth-order valence-corrected chi connectivity index (χ4v) is 3.35. The standard InChI is InChI=1S/C19H18BrClN2O2/c1-11-8-12(6-7-16(11)20)23-18(24)10-22-19(25)15-9-14(15)13-4-2-3-5-17(13)21/h2-8,14-15H,9-10H2,1H3,(H,22,25)(H,23,24). The summed E-state index contributed by atoms with van der Waals surface area (Å²) in [5.74, 6) is -0.314. The first-order valence-electron chi connectivity index (χ1n) is 8.04. The Bertz CT molecular complexity index is 825. The molecule has 0 radical (unpaired) electrons. The van der Waals surface area contributed by atoms with Crippen molar-refractivity contribution >= 4 is 45.0 Å². The zero-order valence-corrected chi connectivity index (χ0v) is 16.0. The Morgan fingerprint density at radius 3 is 2.72 bits per heavy atom. The topological polar surface area (TPSA) is 58.2 Å². The van der Waals surface area contributed by atoms with Crippen LogP contribution in [-0.2, 0) is 9.59 Å². The van der Waals surface area contributed by atoms with Crippen LogP contribution >= 0.6 is 27.5 Å². The summed E-state index contributed by atoms with van der Waals surface area (Å²) in [6.07, 6.45) is 0.767. The van der Waals surface area contributed by atoms with E-state index < -0.39 is 0 Å². The van der Waals surface area contributed by atoms with Crippen molar-refractivity contribution in [2.24, 2.45) is 5.92 Å². The Morgan fingerprint density at radius 2 is 2.00 bits per heavy atom. The molecule has 4 nitrogen and oxygen atoms in total. The highest BCUT2D eigenvalue weighted by molar-refractivity contribution is 9.10. The summed E-state index contributed by atoms with van der Waals surface area (Å²) in [5, 5.41) is 6.17. The third kappa shape index (κ3) is 4.41. The van der Waals surface area contributed by atoms with Crippen LogP contribution < -0.4 is 10.6 Å². The van der Waals surface area contributed by atoms with Crippen molar-refractivity contribution in [3.63, 3.8) is 0 Å². The van der Waals surface area contributed by atoms with Gasteiger partial charge in [0.2, 0.25) is 11.8 Å². The van der Waals surface area contributed by atoms with Crippen LogP contribution in [0.4, 0.5) is 5.69 Å². The van der Waals surface area contributed by atoms with Crippen LogP contribution in [-0.4, -0.2) is 18.4 Å². The summed E-state index contributed by atoms with van der Waals surface area (Å²) < 4.78 is 0.984. The predicted molar refractivity (Wildman–Crippen MR) is 103 cm³/mol. The molecule has 1 aliphatic carbocycles. The Hall–Kier alpha value is -1.85. The van der Waals surface area contributed by atoms with Gasteiger partial charge in [0.25, 0.3) is 0 Å². The van der Waals surface area contributed by atoms with Crippen molar-refractivity contribution in [1.29, 1.82) is 0 Å². The molecule has 2 atom stereocenters. The zero-order chi connectivity index (χ0) is 18.0. The number of amides is 2. The van der Waals surface area contributed by atoms with Gasteiger partial charge >= 0.3 is 0 Å². The van der Waals surface area contributed by atoms with E-state index in [0.29, 0.717) is 10.7 Å². The Labute approximate surface area is 160 Å². The Morgan fingerprint density at radius 1 is 1.24 bits per heavy atom. The van der Waals surface area contributed by atoms with Gasteiger partial charge in [-0.05, 0) is 54.7 Å². The van der Waals surface area contributed by atoms with Crippen LogP contribution in [0.15, 0.2) is 46.9 Å². The van der Waals surface area contributed by atoms with Gasteiger partial charge in [0.05, 0.1) is 6.54 Å². The van der Waals surface area contributed by atoms with E-state index in [1.54, 1.807) is 0 Å². The first-order chi connectivity index (χ1) is 12.0. The lowest BCUT2D eigenvalue weighted by Gasteiger charge is -2.08. The van der Waals surface area contributed by atoms with E-state index in [9.17, 15) is 9.59 Å². The lowest BCUT2D eigenvalue weighted by atomic mass is 10.1. The minimum absolute atomic E-state index is 0.0420.